The maximum absolute atomic E-state index is 13.0. The van der Waals surface area contributed by atoms with Gasteiger partial charge in [-0.2, -0.15) is 0 Å². The van der Waals surface area contributed by atoms with Crippen LogP contribution < -0.4 is 5.32 Å². The smallest absolute Gasteiger partial charge is 0.251 e. The minimum absolute atomic E-state index is 0.234. The van der Waals surface area contributed by atoms with Gasteiger partial charge in [0, 0.05) is 18.5 Å². The van der Waals surface area contributed by atoms with Crippen molar-refractivity contribution in [2.45, 2.75) is 6.42 Å². The number of hydrogen-bond donors (Lipinski definition) is 1. The zero-order valence-corrected chi connectivity index (χ0v) is 11.0. The molecule has 3 nitrogen and oxygen atoms in total. The van der Waals surface area contributed by atoms with Crippen molar-refractivity contribution in [2.75, 3.05) is 6.54 Å². The fourth-order valence-electron chi connectivity index (χ4n) is 1.49. The third-order valence-electron chi connectivity index (χ3n) is 2.42. The van der Waals surface area contributed by atoms with Crippen molar-refractivity contribution >= 4 is 21.8 Å². The maximum atomic E-state index is 13.0. The van der Waals surface area contributed by atoms with E-state index in [0.717, 1.165) is 5.76 Å². The number of rotatable bonds is 4. The summed E-state index contributed by atoms with van der Waals surface area (Å²) in [6.45, 7) is 0.474. The second kappa shape index (κ2) is 5.82. The van der Waals surface area contributed by atoms with Gasteiger partial charge in [0.05, 0.1) is 10.7 Å². The third-order valence-corrected chi connectivity index (χ3v) is 3.03. The summed E-state index contributed by atoms with van der Waals surface area (Å²) in [5.41, 5.74) is 0.419. The van der Waals surface area contributed by atoms with E-state index >= 15 is 0 Å². The van der Waals surface area contributed by atoms with Gasteiger partial charge in [0.1, 0.15) is 11.6 Å². The van der Waals surface area contributed by atoms with Crippen molar-refractivity contribution < 1.29 is 13.6 Å². The first kappa shape index (κ1) is 12.8. The van der Waals surface area contributed by atoms with Gasteiger partial charge in [-0.1, -0.05) is 0 Å². The summed E-state index contributed by atoms with van der Waals surface area (Å²) in [4.78, 5) is 11.8. The van der Waals surface area contributed by atoms with E-state index in [1.54, 1.807) is 12.3 Å². The molecule has 0 aliphatic carbocycles. The van der Waals surface area contributed by atoms with E-state index in [2.05, 4.69) is 21.2 Å². The Balaban J connectivity index is 1.89. The average molecular weight is 312 g/mol. The quantitative estimate of drug-likeness (QED) is 0.942. The summed E-state index contributed by atoms with van der Waals surface area (Å²) < 4.78 is 18.4. The molecule has 0 aliphatic rings. The molecule has 0 saturated heterocycles. The number of carbonyl (C=O) groups excluding carboxylic acids is 1. The van der Waals surface area contributed by atoms with Crippen molar-refractivity contribution in [3.8, 4) is 0 Å². The van der Waals surface area contributed by atoms with Crippen molar-refractivity contribution in [3.63, 3.8) is 0 Å². The van der Waals surface area contributed by atoms with Crippen LogP contribution in [0.1, 0.15) is 16.1 Å². The van der Waals surface area contributed by atoms with Crippen LogP contribution in [0.15, 0.2) is 45.5 Å². The van der Waals surface area contributed by atoms with Crippen LogP contribution in [0, 0.1) is 5.82 Å². The molecule has 94 valence electrons. The molecule has 0 bridgehead atoms. The fourth-order valence-corrected chi connectivity index (χ4v) is 1.87. The molecule has 1 N–H and O–H groups in total. The second-order valence-corrected chi connectivity index (χ2v) is 4.57. The van der Waals surface area contributed by atoms with E-state index in [4.69, 9.17) is 4.42 Å². The van der Waals surface area contributed by atoms with Gasteiger partial charge in [-0.25, -0.2) is 4.39 Å². The Morgan fingerprint density at radius 2 is 2.22 bits per heavy atom. The van der Waals surface area contributed by atoms with Crippen LogP contribution in [0.3, 0.4) is 0 Å². The molecule has 0 radical (unpaired) electrons. The first-order valence-corrected chi connectivity index (χ1v) is 6.22. The Labute approximate surface area is 112 Å². The highest BCUT2D eigenvalue weighted by molar-refractivity contribution is 9.10. The van der Waals surface area contributed by atoms with Crippen LogP contribution in [0.5, 0.6) is 0 Å². The summed E-state index contributed by atoms with van der Waals surface area (Å²) in [7, 11) is 0. The number of amides is 1. The van der Waals surface area contributed by atoms with E-state index in [9.17, 15) is 9.18 Å². The molecule has 0 spiro atoms. The van der Waals surface area contributed by atoms with E-state index < -0.39 is 0 Å². The van der Waals surface area contributed by atoms with Gasteiger partial charge in [-0.3, -0.25) is 4.79 Å². The largest absolute Gasteiger partial charge is 0.469 e. The molecule has 18 heavy (non-hydrogen) atoms. The Bertz CT molecular complexity index is 540. The molecule has 1 aromatic heterocycles. The number of carbonyl (C=O) groups is 1. The van der Waals surface area contributed by atoms with Crippen LogP contribution in [0.2, 0.25) is 0 Å². The van der Waals surface area contributed by atoms with Gasteiger partial charge in [-0.05, 0) is 46.3 Å². The van der Waals surface area contributed by atoms with Crippen LogP contribution in [-0.2, 0) is 6.42 Å². The van der Waals surface area contributed by atoms with Crippen LogP contribution in [0.4, 0.5) is 4.39 Å². The monoisotopic (exact) mass is 311 g/mol. The molecule has 5 heteroatoms. The molecule has 1 heterocycles. The van der Waals surface area contributed by atoms with Crippen LogP contribution >= 0.6 is 15.9 Å². The van der Waals surface area contributed by atoms with Crippen LogP contribution in [-0.4, -0.2) is 12.5 Å². The molecule has 0 aliphatic heterocycles. The summed E-state index contributed by atoms with van der Waals surface area (Å²) in [5.74, 6) is 0.194. The molecule has 0 saturated carbocycles. The van der Waals surface area contributed by atoms with Gasteiger partial charge >= 0.3 is 0 Å². The van der Waals surface area contributed by atoms with Gasteiger partial charge in [0.25, 0.3) is 5.91 Å². The number of nitrogens with one attached hydrogen (secondary N) is 1. The molecule has 2 rings (SSSR count). The standard InChI is InChI=1S/C13H11BrFNO2/c14-11-8-9(3-4-12(11)15)13(17)16-6-5-10-2-1-7-18-10/h1-4,7-8H,5-6H2,(H,16,17). The molecule has 0 fully saturated rings. The predicted octanol–water partition coefficient (Wildman–Crippen LogP) is 3.15. The zero-order chi connectivity index (χ0) is 13.0. The van der Waals surface area contributed by atoms with Gasteiger partial charge in [-0.15, -0.1) is 0 Å². The number of hydrogen-bond acceptors (Lipinski definition) is 2. The SMILES string of the molecule is O=C(NCCc1ccco1)c1ccc(F)c(Br)c1. The van der Waals surface area contributed by atoms with Crippen molar-refractivity contribution in [2.24, 2.45) is 0 Å². The maximum Gasteiger partial charge on any atom is 0.251 e. The lowest BCUT2D eigenvalue weighted by atomic mass is 10.2. The second-order valence-electron chi connectivity index (χ2n) is 3.71. The Morgan fingerprint density at radius 1 is 1.39 bits per heavy atom. The summed E-state index contributed by atoms with van der Waals surface area (Å²) in [6, 6.07) is 7.81. The molecule has 0 unspecified atom stereocenters. The lowest BCUT2D eigenvalue weighted by molar-refractivity contribution is 0.0953. The molecular formula is C13H11BrFNO2. The van der Waals surface area contributed by atoms with Crippen molar-refractivity contribution in [1.82, 2.24) is 5.32 Å². The Hall–Kier alpha value is -1.62. The van der Waals surface area contributed by atoms with E-state index in [1.165, 1.54) is 18.2 Å². The van der Waals surface area contributed by atoms with Crippen molar-refractivity contribution in [3.05, 3.63) is 58.2 Å². The normalized spacial score (nSPS) is 10.3. The van der Waals surface area contributed by atoms with Crippen LogP contribution in [0.25, 0.3) is 0 Å². The lowest BCUT2D eigenvalue weighted by Gasteiger charge is -2.04. The lowest BCUT2D eigenvalue weighted by Crippen LogP contribution is -2.25. The summed E-state index contributed by atoms with van der Waals surface area (Å²) in [5, 5.41) is 2.74. The van der Waals surface area contributed by atoms with E-state index in [1.807, 2.05) is 6.07 Å². The topological polar surface area (TPSA) is 42.2 Å². The third kappa shape index (κ3) is 3.20. The number of furan rings is 1. The minimum Gasteiger partial charge on any atom is -0.469 e. The summed E-state index contributed by atoms with van der Waals surface area (Å²) >= 11 is 3.04. The Morgan fingerprint density at radius 3 is 2.89 bits per heavy atom. The highest BCUT2D eigenvalue weighted by Crippen LogP contribution is 2.16. The minimum atomic E-state index is -0.387. The summed E-state index contributed by atoms with van der Waals surface area (Å²) in [6.07, 6.45) is 2.22. The molecular weight excluding hydrogens is 301 g/mol. The first-order valence-electron chi connectivity index (χ1n) is 5.42. The van der Waals surface area contributed by atoms with Gasteiger partial charge in [0.2, 0.25) is 0 Å². The van der Waals surface area contributed by atoms with Gasteiger partial charge in [0.15, 0.2) is 0 Å². The zero-order valence-electron chi connectivity index (χ0n) is 9.45. The van der Waals surface area contributed by atoms with E-state index in [0.29, 0.717) is 18.5 Å². The predicted molar refractivity (Wildman–Crippen MR) is 68.8 cm³/mol. The molecule has 1 aromatic carbocycles. The number of halogens is 2. The van der Waals surface area contributed by atoms with Crippen molar-refractivity contribution in [1.29, 1.82) is 0 Å². The fraction of sp³-hybridized carbons (Fsp3) is 0.154. The molecule has 2 aromatic rings. The number of benzene rings is 1. The van der Waals surface area contributed by atoms with Gasteiger partial charge < -0.3 is 9.73 Å². The van der Waals surface area contributed by atoms with E-state index in [-0.39, 0.29) is 16.2 Å². The highest BCUT2D eigenvalue weighted by Gasteiger charge is 2.08. The Kier molecular flexibility index (Phi) is 4.15. The molecule has 1 amide bonds. The molecule has 0 atom stereocenters. The highest BCUT2D eigenvalue weighted by atomic mass is 79.9. The average Bonchev–Trinajstić information content (AvgIpc) is 2.85. The first-order chi connectivity index (χ1) is 8.66.